The molecule has 0 aliphatic carbocycles. The molecule has 0 unspecified atom stereocenters. The third kappa shape index (κ3) is 5.61. The summed E-state index contributed by atoms with van der Waals surface area (Å²) in [6.45, 7) is 13.5. The van der Waals surface area contributed by atoms with E-state index < -0.39 is 0 Å². The van der Waals surface area contributed by atoms with Gasteiger partial charge in [0.2, 0.25) is 0 Å². The van der Waals surface area contributed by atoms with Crippen LogP contribution in [0.4, 0.5) is 0 Å². The van der Waals surface area contributed by atoms with Crippen LogP contribution < -0.4 is 0 Å². The van der Waals surface area contributed by atoms with Gasteiger partial charge in [-0.1, -0.05) is 60.1 Å². The van der Waals surface area contributed by atoms with Crippen molar-refractivity contribution in [2.75, 3.05) is 0 Å². The number of fused-ring (bicyclic) bond motifs is 3. The van der Waals surface area contributed by atoms with Crippen LogP contribution in [0.2, 0.25) is 5.15 Å². The van der Waals surface area contributed by atoms with Crippen molar-refractivity contribution in [1.82, 2.24) is 9.97 Å². The number of rotatable bonds is 1. The molecule has 0 atom stereocenters. The topological polar surface area (TPSA) is 77.0 Å². The number of hydrogen-bond donors (Lipinski definition) is 0. The van der Waals surface area contributed by atoms with Crippen molar-refractivity contribution >= 4 is 53.8 Å². The first-order valence-electron chi connectivity index (χ1n) is 7.33. The number of hydrogen-bond acceptors (Lipinski definition) is 5. The average Bonchev–Trinajstić information content (AvgIpc) is 2.78. The normalized spacial score (nSPS) is 8.75. The van der Waals surface area contributed by atoms with Gasteiger partial charge in [-0.05, 0) is 17.7 Å². The van der Waals surface area contributed by atoms with Crippen LogP contribution in [0.15, 0.2) is 66.9 Å². The zero-order valence-corrected chi connectivity index (χ0v) is 17.7. The Morgan fingerprint density at radius 2 is 1.32 bits per heavy atom. The van der Waals surface area contributed by atoms with E-state index >= 15 is 0 Å². The van der Waals surface area contributed by atoms with Crippen LogP contribution in [0.5, 0.6) is 0 Å². The Balaban J connectivity index is 0.000000957. The van der Waals surface area contributed by atoms with Crippen LogP contribution >= 0.6 is 11.6 Å². The van der Waals surface area contributed by atoms with Gasteiger partial charge in [-0.2, -0.15) is 0 Å². The first-order valence-corrected chi connectivity index (χ1v) is 7.71. The van der Waals surface area contributed by atoms with Crippen LogP contribution in [0.3, 0.4) is 0 Å². The molecule has 0 N–H and O–H groups in total. The molecule has 28 heavy (non-hydrogen) atoms. The van der Waals surface area contributed by atoms with Gasteiger partial charge < -0.3 is 0 Å². The van der Waals surface area contributed by atoms with Gasteiger partial charge in [0.25, 0.3) is 20.4 Å². The van der Waals surface area contributed by atoms with Gasteiger partial charge >= 0.3 is 0 Å². The minimum Gasteiger partial charge on any atom is -0.281 e. The minimum atomic E-state index is 0. The van der Waals surface area contributed by atoms with E-state index in [1.807, 2.05) is 42.5 Å². The number of carbonyl (C=O) groups excluding carboxylic acids is 3. The van der Waals surface area contributed by atoms with Crippen molar-refractivity contribution in [3.05, 3.63) is 72.0 Å². The van der Waals surface area contributed by atoms with Crippen molar-refractivity contribution < 1.29 is 34.8 Å². The SMILES string of the molecule is Clc1nc2c(ccc3cccnc32)cc1-c1ccccc1.[C]=O.[C]=O.[C]=O.[Re]. The van der Waals surface area contributed by atoms with Gasteiger partial charge in [0.15, 0.2) is 0 Å². The maximum Gasteiger partial charge on any atom is 0.281 e. The van der Waals surface area contributed by atoms with Gasteiger partial charge in [0.1, 0.15) is 5.15 Å². The summed E-state index contributed by atoms with van der Waals surface area (Å²) in [5, 5.41) is 2.62. The fraction of sp³-hybridized carbons (Fsp3) is 0. The Morgan fingerprint density at radius 3 is 1.96 bits per heavy atom. The first-order chi connectivity index (χ1) is 13.3. The molecular formula is C21H11ClN2O3Re. The molecule has 7 heteroatoms. The quantitative estimate of drug-likeness (QED) is 0.261. The minimum absolute atomic E-state index is 0. The Labute approximate surface area is 181 Å². The fourth-order valence-corrected chi connectivity index (χ4v) is 2.82. The molecule has 0 bridgehead atoms. The Morgan fingerprint density at radius 1 is 0.714 bits per heavy atom. The summed E-state index contributed by atoms with van der Waals surface area (Å²) in [6, 6.07) is 20.2. The molecule has 2 heterocycles. The van der Waals surface area contributed by atoms with E-state index in [2.05, 4.69) is 48.5 Å². The number of nitrogens with zero attached hydrogens (tertiary/aromatic N) is 2. The second kappa shape index (κ2) is 13.4. The second-order valence-electron chi connectivity index (χ2n) is 4.91. The monoisotopic (exact) mass is 561 g/mol. The van der Waals surface area contributed by atoms with Gasteiger partial charge in [0, 0.05) is 43.0 Å². The molecule has 5 nitrogen and oxygen atoms in total. The van der Waals surface area contributed by atoms with E-state index in [4.69, 9.17) is 26.0 Å². The van der Waals surface area contributed by atoms with E-state index in [0.717, 1.165) is 32.9 Å². The van der Waals surface area contributed by atoms with Gasteiger partial charge in [-0.25, -0.2) is 4.98 Å². The van der Waals surface area contributed by atoms with Crippen LogP contribution in [0.1, 0.15) is 0 Å². The Hall–Kier alpha value is -2.78. The Bertz CT molecular complexity index is 1010. The molecule has 0 aliphatic rings. The van der Waals surface area contributed by atoms with E-state index in [1.165, 1.54) is 0 Å². The van der Waals surface area contributed by atoms with Crippen LogP contribution in [0, 0.1) is 0 Å². The molecule has 0 spiro atoms. The largest absolute Gasteiger partial charge is 0.281 e. The maximum absolute atomic E-state index is 7.50. The van der Waals surface area contributed by atoms with Crippen molar-refractivity contribution in [3.63, 3.8) is 0 Å². The van der Waals surface area contributed by atoms with Gasteiger partial charge in [-0.15, -0.1) is 0 Å². The van der Waals surface area contributed by atoms with Crippen molar-refractivity contribution in [1.29, 1.82) is 0 Å². The molecule has 4 aromatic rings. The third-order valence-electron chi connectivity index (χ3n) is 3.60. The third-order valence-corrected chi connectivity index (χ3v) is 3.88. The van der Waals surface area contributed by atoms with E-state index in [0.29, 0.717) is 5.15 Å². The van der Waals surface area contributed by atoms with Crippen molar-refractivity contribution in [2.45, 2.75) is 0 Å². The zero-order valence-electron chi connectivity index (χ0n) is 14.2. The molecular weight excluding hydrogens is 550 g/mol. The zero-order chi connectivity index (χ0) is 20.2. The summed E-state index contributed by atoms with van der Waals surface area (Å²) in [4.78, 5) is 31.5. The molecule has 0 aliphatic heterocycles. The fourth-order valence-electron chi connectivity index (χ4n) is 2.57. The summed E-state index contributed by atoms with van der Waals surface area (Å²) in [6.07, 6.45) is 1.78. The summed E-state index contributed by atoms with van der Waals surface area (Å²) in [5.41, 5.74) is 3.74. The predicted octanol–water partition coefficient (Wildman–Crippen LogP) is 3.91. The van der Waals surface area contributed by atoms with Gasteiger partial charge in [0.05, 0.1) is 11.0 Å². The van der Waals surface area contributed by atoms with Crippen molar-refractivity contribution in [3.8, 4) is 11.1 Å². The summed E-state index contributed by atoms with van der Waals surface area (Å²) >= 11 is 6.40. The molecule has 137 valence electrons. The summed E-state index contributed by atoms with van der Waals surface area (Å²) in [5.74, 6) is 0. The molecule has 2 aromatic heterocycles. The van der Waals surface area contributed by atoms with E-state index in [-0.39, 0.29) is 20.4 Å². The molecule has 0 saturated carbocycles. The van der Waals surface area contributed by atoms with Crippen LogP contribution in [-0.4, -0.2) is 30.3 Å². The smallest absolute Gasteiger partial charge is 0.281 e. The van der Waals surface area contributed by atoms with Crippen LogP contribution in [-0.2, 0) is 34.8 Å². The summed E-state index contributed by atoms with van der Waals surface area (Å²) < 4.78 is 0. The Kier molecular flexibility index (Phi) is 12.1. The molecule has 4 rings (SSSR count). The number of aromatic nitrogens is 2. The van der Waals surface area contributed by atoms with E-state index in [1.54, 1.807) is 6.20 Å². The number of benzene rings is 2. The van der Waals surface area contributed by atoms with Crippen molar-refractivity contribution in [2.24, 2.45) is 0 Å². The molecule has 0 amide bonds. The number of pyridine rings is 2. The first kappa shape index (κ1) is 25.2. The summed E-state index contributed by atoms with van der Waals surface area (Å²) in [7, 11) is 0. The van der Waals surface area contributed by atoms with E-state index in [9.17, 15) is 0 Å². The van der Waals surface area contributed by atoms with Gasteiger partial charge in [-0.3, -0.25) is 19.4 Å². The molecule has 0 saturated heterocycles. The molecule has 0 fully saturated rings. The van der Waals surface area contributed by atoms with Crippen LogP contribution in [0.25, 0.3) is 32.9 Å². The average molecular weight is 561 g/mol. The number of halogens is 1. The maximum atomic E-state index is 7.50. The molecule has 2 aromatic carbocycles. The predicted molar refractivity (Wildman–Crippen MR) is 105 cm³/mol. The standard InChI is InChI=1S/C18H11ClN2.3CO.Re/c19-18-15(12-5-2-1-3-6-12)11-14-9-8-13-7-4-10-20-16(13)17(14)21-18;3*1-2;/h1-11H;;;;. The molecule has 7 radical (unpaired) electrons. The second-order valence-corrected chi connectivity index (χ2v) is 5.26.